The van der Waals surface area contributed by atoms with Crippen LogP contribution >= 0.6 is 0 Å². The van der Waals surface area contributed by atoms with E-state index in [1.54, 1.807) is 35.2 Å². The fourth-order valence-corrected chi connectivity index (χ4v) is 3.66. The van der Waals surface area contributed by atoms with E-state index in [4.69, 9.17) is 5.73 Å². The first-order chi connectivity index (χ1) is 13.8. The summed E-state index contributed by atoms with van der Waals surface area (Å²) in [5, 5.41) is 3.74. The summed E-state index contributed by atoms with van der Waals surface area (Å²) < 4.78 is 42.5. The number of likely N-dealkylation sites (tertiary alicyclic amines) is 1. The number of aromatic nitrogens is 3. The molecule has 0 unspecified atom stereocenters. The molecule has 152 valence electrons. The highest BCUT2D eigenvalue weighted by Gasteiger charge is 2.36. The Balaban J connectivity index is 1.82. The van der Waals surface area contributed by atoms with E-state index in [0.717, 1.165) is 25.3 Å². The zero-order valence-corrected chi connectivity index (χ0v) is 15.6. The first kappa shape index (κ1) is 19.2. The van der Waals surface area contributed by atoms with Crippen molar-refractivity contribution in [3.63, 3.8) is 0 Å². The Kier molecular flexibility index (Phi) is 4.89. The summed E-state index contributed by atoms with van der Waals surface area (Å²) >= 11 is 0. The van der Waals surface area contributed by atoms with Gasteiger partial charge in [-0.3, -0.25) is 4.79 Å². The number of halogens is 3. The van der Waals surface area contributed by atoms with E-state index in [-0.39, 0.29) is 35.0 Å². The number of pyridine rings is 1. The number of hydrogen-bond acceptors (Lipinski definition) is 4. The highest BCUT2D eigenvalue weighted by Crippen LogP contribution is 2.39. The zero-order chi connectivity index (χ0) is 20.6. The fourth-order valence-electron chi connectivity index (χ4n) is 3.66. The molecule has 0 bridgehead atoms. The van der Waals surface area contributed by atoms with Crippen LogP contribution in [0.5, 0.6) is 0 Å². The Morgan fingerprint density at radius 3 is 2.45 bits per heavy atom. The number of amides is 1. The fraction of sp³-hybridized carbons (Fsp3) is 0.350. The second kappa shape index (κ2) is 7.38. The van der Waals surface area contributed by atoms with Crippen molar-refractivity contribution in [1.82, 2.24) is 19.7 Å². The molecular weight excluding hydrogens is 383 g/mol. The number of anilines is 1. The second-order valence-corrected chi connectivity index (χ2v) is 7.10. The summed E-state index contributed by atoms with van der Waals surface area (Å²) in [4.78, 5) is 18.7. The van der Waals surface area contributed by atoms with Gasteiger partial charge in [-0.2, -0.15) is 18.3 Å². The molecule has 2 aromatic heterocycles. The van der Waals surface area contributed by atoms with E-state index >= 15 is 0 Å². The van der Waals surface area contributed by atoms with E-state index in [2.05, 4.69) is 10.1 Å². The predicted molar refractivity (Wildman–Crippen MR) is 103 cm³/mol. The maximum absolute atomic E-state index is 13.8. The van der Waals surface area contributed by atoms with E-state index in [1.165, 1.54) is 4.68 Å². The van der Waals surface area contributed by atoms with Crippen LogP contribution in [0.15, 0.2) is 36.4 Å². The van der Waals surface area contributed by atoms with Crippen molar-refractivity contribution in [2.75, 3.05) is 18.8 Å². The molecule has 0 aliphatic carbocycles. The molecule has 1 aliphatic rings. The molecule has 0 radical (unpaired) electrons. The van der Waals surface area contributed by atoms with Gasteiger partial charge in [-0.05, 0) is 25.3 Å². The van der Waals surface area contributed by atoms with Crippen LogP contribution in [0, 0.1) is 0 Å². The summed E-state index contributed by atoms with van der Waals surface area (Å²) in [6.45, 7) is 1.09. The van der Waals surface area contributed by atoms with Gasteiger partial charge in [0.25, 0.3) is 0 Å². The minimum absolute atomic E-state index is 0.0402. The molecule has 1 aromatic carbocycles. The number of nitrogens with zero attached hydrogens (tertiary/aromatic N) is 4. The maximum Gasteiger partial charge on any atom is 0.417 e. The van der Waals surface area contributed by atoms with Crippen molar-refractivity contribution in [2.45, 2.75) is 32.0 Å². The molecule has 3 heterocycles. The zero-order valence-electron chi connectivity index (χ0n) is 15.6. The Hall–Kier alpha value is -3.10. The Labute approximate surface area is 165 Å². The number of nitrogen functional groups attached to an aromatic ring is 1. The number of fused-ring (bicyclic) bond motifs is 1. The molecule has 1 fully saturated rings. The Morgan fingerprint density at radius 1 is 1.10 bits per heavy atom. The highest BCUT2D eigenvalue weighted by molar-refractivity contribution is 5.93. The van der Waals surface area contributed by atoms with Crippen molar-refractivity contribution < 1.29 is 18.0 Å². The lowest BCUT2D eigenvalue weighted by atomic mass is 10.1. The van der Waals surface area contributed by atoms with Gasteiger partial charge >= 0.3 is 6.18 Å². The number of benzene rings is 1. The highest BCUT2D eigenvalue weighted by atomic mass is 19.4. The van der Waals surface area contributed by atoms with E-state index in [1.807, 2.05) is 0 Å². The summed E-state index contributed by atoms with van der Waals surface area (Å²) in [5.74, 6) is -0.486. The van der Waals surface area contributed by atoms with Crippen LogP contribution < -0.4 is 5.73 Å². The SMILES string of the molecule is Nc1nn(CC(=O)N2CCCCC2)c2nc(-c3ccccc3)cc(C(F)(F)F)c12. The van der Waals surface area contributed by atoms with Crippen molar-refractivity contribution in [1.29, 1.82) is 0 Å². The molecule has 0 saturated carbocycles. The lowest BCUT2D eigenvalue weighted by Crippen LogP contribution is -2.38. The largest absolute Gasteiger partial charge is 0.417 e. The van der Waals surface area contributed by atoms with Gasteiger partial charge in [0.1, 0.15) is 6.54 Å². The lowest BCUT2D eigenvalue weighted by Gasteiger charge is -2.26. The van der Waals surface area contributed by atoms with Crippen LogP contribution in [0.2, 0.25) is 0 Å². The molecule has 3 aromatic rings. The summed E-state index contributed by atoms with van der Waals surface area (Å²) in [6, 6.07) is 9.55. The third-order valence-corrected chi connectivity index (χ3v) is 5.10. The molecule has 6 nitrogen and oxygen atoms in total. The number of carbonyl (C=O) groups is 1. The average Bonchev–Trinajstić information content (AvgIpc) is 3.03. The van der Waals surface area contributed by atoms with Crippen LogP contribution in [0.4, 0.5) is 19.0 Å². The van der Waals surface area contributed by atoms with Gasteiger partial charge in [0.2, 0.25) is 5.91 Å². The molecule has 0 atom stereocenters. The van der Waals surface area contributed by atoms with Crippen LogP contribution in [0.3, 0.4) is 0 Å². The third kappa shape index (κ3) is 3.76. The monoisotopic (exact) mass is 403 g/mol. The minimum atomic E-state index is -4.64. The van der Waals surface area contributed by atoms with Gasteiger partial charge in [-0.1, -0.05) is 30.3 Å². The summed E-state index contributed by atoms with van der Waals surface area (Å²) in [7, 11) is 0. The molecule has 29 heavy (non-hydrogen) atoms. The standard InChI is InChI=1S/C20H20F3N5O/c21-20(22,23)14-11-15(13-7-3-1-4-8-13)25-19-17(14)18(24)26-28(19)12-16(29)27-9-5-2-6-10-27/h1,3-4,7-8,11H,2,5-6,9-10,12H2,(H2,24,26). The lowest BCUT2D eigenvalue weighted by molar-refractivity contribution is -0.136. The quantitative estimate of drug-likeness (QED) is 0.723. The Bertz CT molecular complexity index is 1040. The first-order valence-corrected chi connectivity index (χ1v) is 9.42. The summed E-state index contributed by atoms with van der Waals surface area (Å²) in [5.41, 5.74) is 5.56. The van der Waals surface area contributed by atoms with Crippen LogP contribution in [-0.2, 0) is 17.5 Å². The molecule has 1 saturated heterocycles. The molecule has 2 N–H and O–H groups in total. The van der Waals surface area contributed by atoms with E-state index in [9.17, 15) is 18.0 Å². The molecule has 4 rings (SSSR count). The molecule has 0 spiro atoms. The van der Waals surface area contributed by atoms with E-state index in [0.29, 0.717) is 18.7 Å². The van der Waals surface area contributed by atoms with Crippen LogP contribution in [0.25, 0.3) is 22.3 Å². The second-order valence-electron chi connectivity index (χ2n) is 7.10. The predicted octanol–water partition coefficient (Wildman–Crippen LogP) is 3.71. The number of rotatable bonds is 3. The maximum atomic E-state index is 13.8. The molecular formula is C20H20F3N5O. The van der Waals surface area contributed by atoms with Crippen molar-refractivity contribution >= 4 is 22.8 Å². The van der Waals surface area contributed by atoms with Gasteiger partial charge in [0.05, 0.1) is 16.6 Å². The van der Waals surface area contributed by atoms with Crippen molar-refractivity contribution in [2.24, 2.45) is 0 Å². The number of nitrogens with two attached hydrogens (primary N) is 1. The van der Waals surface area contributed by atoms with E-state index < -0.39 is 11.7 Å². The van der Waals surface area contributed by atoms with Crippen LogP contribution in [0.1, 0.15) is 24.8 Å². The third-order valence-electron chi connectivity index (χ3n) is 5.10. The van der Waals surface area contributed by atoms with Gasteiger partial charge < -0.3 is 10.6 Å². The number of alkyl halides is 3. The number of carbonyl (C=O) groups excluding carboxylic acids is 1. The number of hydrogen-bond donors (Lipinski definition) is 1. The minimum Gasteiger partial charge on any atom is -0.382 e. The number of piperidine rings is 1. The smallest absolute Gasteiger partial charge is 0.382 e. The molecule has 9 heteroatoms. The van der Waals surface area contributed by atoms with Crippen molar-refractivity contribution in [3.05, 3.63) is 42.0 Å². The Morgan fingerprint density at radius 2 is 1.79 bits per heavy atom. The topological polar surface area (TPSA) is 77.0 Å². The van der Waals surface area contributed by atoms with Crippen molar-refractivity contribution in [3.8, 4) is 11.3 Å². The van der Waals surface area contributed by atoms with Gasteiger partial charge in [-0.25, -0.2) is 9.67 Å². The van der Waals surface area contributed by atoms with Gasteiger partial charge in [0.15, 0.2) is 11.5 Å². The summed E-state index contributed by atoms with van der Waals surface area (Å²) in [6.07, 6.45) is -1.73. The first-order valence-electron chi connectivity index (χ1n) is 9.42. The van der Waals surface area contributed by atoms with Gasteiger partial charge in [-0.15, -0.1) is 0 Å². The van der Waals surface area contributed by atoms with Gasteiger partial charge in [0, 0.05) is 18.7 Å². The molecule has 1 amide bonds. The molecule has 1 aliphatic heterocycles. The van der Waals surface area contributed by atoms with Crippen LogP contribution in [-0.4, -0.2) is 38.7 Å². The normalized spacial score (nSPS) is 15.1. The average molecular weight is 403 g/mol.